The van der Waals surface area contributed by atoms with Crippen LogP contribution in [0.5, 0.6) is 0 Å². The predicted molar refractivity (Wildman–Crippen MR) is 45.9 cm³/mol. The van der Waals surface area contributed by atoms with Crippen LogP contribution in [0.25, 0.3) is 0 Å². The number of likely N-dealkylation sites (tertiary alicyclic amines) is 1. The summed E-state index contributed by atoms with van der Waals surface area (Å²) in [5.41, 5.74) is 5.37. The van der Waals surface area contributed by atoms with Crippen molar-refractivity contribution in [2.45, 2.75) is 25.3 Å². The largest absolute Gasteiger partial charge is 0.480 e. The zero-order valence-electron chi connectivity index (χ0n) is 7.20. The Morgan fingerprint density at radius 2 is 2.08 bits per heavy atom. The van der Waals surface area contributed by atoms with Gasteiger partial charge in [-0.1, -0.05) is 0 Å². The third-order valence-corrected chi connectivity index (χ3v) is 2.27. The van der Waals surface area contributed by atoms with E-state index in [2.05, 4.69) is 4.90 Å². The lowest BCUT2D eigenvalue weighted by molar-refractivity contribution is -0.138. The van der Waals surface area contributed by atoms with Gasteiger partial charge in [-0.25, -0.2) is 0 Å². The highest BCUT2D eigenvalue weighted by Crippen LogP contribution is 2.07. The van der Waals surface area contributed by atoms with E-state index in [-0.39, 0.29) is 0 Å². The minimum atomic E-state index is -0.894. The first-order chi connectivity index (χ1) is 5.70. The van der Waals surface area contributed by atoms with Gasteiger partial charge in [0.2, 0.25) is 0 Å². The molecule has 1 aliphatic rings. The van der Waals surface area contributed by atoms with Crippen LogP contribution in [0.4, 0.5) is 0 Å². The van der Waals surface area contributed by atoms with E-state index in [0.717, 1.165) is 19.6 Å². The molecule has 1 atom stereocenters. The van der Waals surface area contributed by atoms with Crippen molar-refractivity contribution in [3.8, 4) is 0 Å². The monoisotopic (exact) mass is 172 g/mol. The average molecular weight is 172 g/mol. The number of nitrogens with two attached hydrogens (primary N) is 1. The van der Waals surface area contributed by atoms with Crippen molar-refractivity contribution < 1.29 is 9.90 Å². The molecule has 1 fully saturated rings. The van der Waals surface area contributed by atoms with E-state index in [1.165, 1.54) is 12.8 Å². The van der Waals surface area contributed by atoms with E-state index >= 15 is 0 Å². The highest BCUT2D eigenvalue weighted by atomic mass is 16.4. The van der Waals surface area contributed by atoms with E-state index in [9.17, 15) is 4.79 Å². The van der Waals surface area contributed by atoms with Gasteiger partial charge in [-0.05, 0) is 32.4 Å². The molecule has 0 bridgehead atoms. The van der Waals surface area contributed by atoms with Crippen LogP contribution in [0.15, 0.2) is 0 Å². The molecule has 12 heavy (non-hydrogen) atoms. The van der Waals surface area contributed by atoms with Crippen LogP contribution < -0.4 is 5.73 Å². The summed E-state index contributed by atoms with van der Waals surface area (Å²) in [6.07, 6.45) is 3.04. The van der Waals surface area contributed by atoms with Gasteiger partial charge in [0.05, 0.1) is 0 Å². The summed E-state index contributed by atoms with van der Waals surface area (Å²) in [5, 5.41) is 8.51. The Morgan fingerprint density at radius 3 is 2.58 bits per heavy atom. The van der Waals surface area contributed by atoms with E-state index in [1.807, 2.05) is 0 Å². The van der Waals surface area contributed by atoms with E-state index in [1.54, 1.807) is 0 Å². The molecule has 0 aliphatic carbocycles. The molecule has 0 radical (unpaired) electrons. The molecule has 1 aliphatic heterocycles. The van der Waals surface area contributed by atoms with Gasteiger partial charge in [0.25, 0.3) is 0 Å². The summed E-state index contributed by atoms with van der Waals surface area (Å²) in [7, 11) is 0. The molecule has 4 heteroatoms. The van der Waals surface area contributed by atoms with Gasteiger partial charge in [0, 0.05) is 6.54 Å². The van der Waals surface area contributed by atoms with Crippen molar-refractivity contribution in [2.24, 2.45) is 5.73 Å². The third-order valence-electron chi connectivity index (χ3n) is 2.27. The molecule has 3 N–H and O–H groups in total. The fourth-order valence-electron chi connectivity index (χ4n) is 1.45. The number of carboxylic acid groups (broad SMARTS) is 1. The number of nitrogens with zero attached hydrogens (tertiary/aromatic N) is 1. The summed E-state index contributed by atoms with van der Waals surface area (Å²) in [5.74, 6) is -0.894. The zero-order valence-corrected chi connectivity index (χ0v) is 7.20. The van der Waals surface area contributed by atoms with Crippen molar-refractivity contribution in [2.75, 3.05) is 19.6 Å². The molecule has 0 aromatic heterocycles. The number of carboxylic acids is 1. The highest BCUT2D eigenvalue weighted by Gasteiger charge is 2.15. The number of carbonyl (C=O) groups is 1. The molecule has 1 rings (SSSR count). The number of hydrogen-bond donors (Lipinski definition) is 2. The van der Waals surface area contributed by atoms with Gasteiger partial charge >= 0.3 is 5.97 Å². The molecule has 0 aromatic carbocycles. The first-order valence-electron chi connectivity index (χ1n) is 4.41. The Hall–Kier alpha value is -0.610. The smallest absolute Gasteiger partial charge is 0.320 e. The van der Waals surface area contributed by atoms with Crippen LogP contribution in [0.3, 0.4) is 0 Å². The lowest BCUT2D eigenvalue weighted by Crippen LogP contribution is -2.34. The Morgan fingerprint density at radius 1 is 1.50 bits per heavy atom. The van der Waals surface area contributed by atoms with E-state index in [4.69, 9.17) is 10.8 Å². The number of rotatable bonds is 4. The molecule has 0 unspecified atom stereocenters. The van der Waals surface area contributed by atoms with E-state index < -0.39 is 12.0 Å². The maximum atomic E-state index is 10.4. The average Bonchev–Trinajstić information content (AvgIpc) is 2.51. The number of hydrogen-bond acceptors (Lipinski definition) is 3. The topological polar surface area (TPSA) is 66.6 Å². The summed E-state index contributed by atoms with van der Waals surface area (Å²) in [6, 6.07) is -0.689. The van der Waals surface area contributed by atoms with Gasteiger partial charge in [-0.3, -0.25) is 4.79 Å². The molecule has 0 aromatic rings. The summed E-state index contributed by atoms with van der Waals surface area (Å²) in [6.45, 7) is 3.03. The predicted octanol–water partition coefficient (Wildman–Crippen LogP) is -0.116. The van der Waals surface area contributed by atoms with Crippen molar-refractivity contribution in [1.29, 1.82) is 0 Å². The van der Waals surface area contributed by atoms with Crippen LogP contribution in [-0.2, 0) is 4.79 Å². The lowest BCUT2D eigenvalue weighted by atomic mass is 10.2. The van der Waals surface area contributed by atoms with Gasteiger partial charge < -0.3 is 15.7 Å². The molecule has 1 saturated heterocycles. The van der Waals surface area contributed by atoms with Gasteiger partial charge in [-0.15, -0.1) is 0 Å². The van der Waals surface area contributed by atoms with Crippen molar-refractivity contribution in [1.82, 2.24) is 4.90 Å². The Bertz CT molecular complexity index is 155. The molecule has 1 heterocycles. The molecule has 0 spiro atoms. The quantitative estimate of drug-likeness (QED) is 0.620. The summed E-state index contributed by atoms with van der Waals surface area (Å²) >= 11 is 0. The SMILES string of the molecule is N[C@H](CCN1CCCC1)C(=O)O. The Labute approximate surface area is 72.3 Å². The minimum Gasteiger partial charge on any atom is -0.480 e. The maximum Gasteiger partial charge on any atom is 0.320 e. The number of aliphatic carboxylic acids is 1. The second-order valence-corrected chi connectivity index (χ2v) is 3.28. The zero-order chi connectivity index (χ0) is 8.97. The highest BCUT2D eigenvalue weighted by molar-refractivity contribution is 5.72. The van der Waals surface area contributed by atoms with Crippen LogP contribution in [0.1, 0.15) is 19.3 Å². The van der Waals surface area contributed by atoms with Crippen molar-refractivity contribution in [3.05, 3.63) is 0 Å². The maximum absolute atomic E-state index is 10.4. The minimum absolute atomic E-state index is 0.565. The Kier molecular flexibility index (Phi) is 3.49. The second kappa shape index (κ2) is 4.42. The fraction of sp³-hybridized carbons (Fsp3) is 0.875. The Balaban J connectivity index is 2.11. The first-order valence-corrected chi connectivity index (χ1v) is 4.41. The molecular weight excluding hydrogens is 156 g/mol. The van der Waals surface area contributed by atoms with E-state index in [0.29, 0.717) is 6.42 Å². The lowest BCUT2D eigenvalue weighted by Gasteiger charge is -2.15. The summed E-state index contributed by atoms with van der Waals surface area (Å²) < 4.78 is 0. The van der Waals surface area contributed by atoms with Gasteiger partial charge in [0.15, 0.2) is 0 Å². The molecule has 0 amide bonds. The normalized spacial score (nSPS) is 21.1. The first kappa shape index (κ1) is 9.48. The third kappa shape index (κ3) is 2.79. The van der Waals surface area contributed by atoms with Crippen LogP contribution in [-0.4, -0.2) is 41.7 Å². The van der Waals surface area contributed by atoms with Gasteiger partial charge in [-0.2, -0.15) is 0 Å². The van der Waals surface area contributed by atoms with Crippen LogP contribution >= 0.6 is 0 Å². The van der Waals surface area contributed by atoms with Gasteiger partial charge in [0.1, 0.15) is 6.04 Å². The standard InChI is InChI=1S/C8H16N2O2/c9-7(8(11)12)3-6-10-4-1-2-5-10/h7H,1-6,9H2,(H,11,12)/t7-/m1/s1. The van der Waals surface area contributed by atoms with Crippen LogP contribution in [0, 0.1) is 0 Å². The molecule has 0 saturated carbocycles. The van der Waals surface area contributed by atoms with Crippen molar-refractivity contribution >= 4 is 5.97 Å². The van der Waals surface area contributed by atoms with Crippen LogP contribution in [0.2, 0.25) is 0 Å². The van der Waals surface area contributed by atoms with Crippen molar-refractivity contribution in [3.63, 3.8) is 0 Å². The molecular formula is C8H16N2O2. The molecule has 4 nitrogen and oxygen atoms in total. The second-order valence-electron chi connectivity index (χ2n) is 3.28. The molecule has 70 valence electrons. The summed E-state index contributed by atoms with van der Waals surface area (Å²) in [4.78, 5) is 12.6. The fourth-order valence-corrected chi connectivity index (χ4v) is 1.45.